The Kier molecular flexibility index (Phi) is 5.53. The van der Waals surface area contributed by atoms with Crippen molar-refractivity contribution in [2.24, 2.45) is 4.40 Å². The standard InChI is InChI=1S/C20H22N2O3S2/c1-5-12-22-18-11-6-15(14(2)3)13-19(18)26-20(22)21-27(23,24)17-9-7-16(25-4)8-10-17/h5-11,13-14H,1,12H2,2-4H3/b21-20-. The lowest BCUT2D eigenvalue weighted by molar-refractivity contribution is 0.414. The van der Waals surface area contributed by atoms with Gasteiger partial charge in [-0.15, -0.1) is 11.0 Å². The van der Waals surface area contributed by atoms with Crippen LogP contribution in [0.4, 0.5) is 0 Å². The van der Waals surface area contributed by atoms with E-state index < -0.39 is 10.0 Å². The number of sulfonamides is 1. The van der Waals surface area contributed by atoms with E-state index in [1.54, 1.807) is 18.2 Å². The number of rotatable bonds is 6. The molecule has 0 aliphatic rings. The van der Waals surface area contributed by atoms with Crippen molar-refractivity contribution in [1.29, 1.82) is 0 Å². The summed E-state index contributed by atoms with van der Waals surface area (Å²) in [6, 6.07) is 12.4. The van der Waals surface area contributed by atoms with Gasteiger partial charge in [-0.05, 0) is 47.9 Å². The van der Waals surface area contributed by atoms with Crippen LogP contribution in [-0.2, 0) is 16.6 Å². The predicted octanol–water partition coefficient (Wildman–Crippen LogP) is 4.31. The third kappa shape index (κ3) is 3.99. The molecule has 0 fully saturated rings. The number of aromatic nitrogens is 1. The second-order valence-corrected chi connectivity index (χ2v) is 9.02. The molecule has 0 aliphatic carbocycles. The second-order valence-electron chi connectivity index (χ2n) is 6.41. The van der Waals surface area contributed by atoms with Gasteiger partial charge in [0.25, 0.3) is 10.0 Å². The summed E-state index contributed by atoms with van der Waals surface area (Å²) in [7, 11) is -2.29. The van der Waals surface area contributed by atoms with E-state index in [0.29, 0.717) is 23.0 Å². The molecular formula is C20H22N2O3S2. The fourth-order valence-electron chi connectivity index (χ4n) is 2.73. The Morgan fingerprint density at radius 3 is 2.52 bits per heavy atom. The summed E-state index contributed by atoms with van der Waals surface area (Å²) >= 11 is 1.37. The van der Waals surface area contributed by atoms with Gasteiger partial charge >= 0.3 is 0 Å². The van der Waals surface area contributed by atoms with E-state index in [4.69, 9.17) is 4.74 Å². The first kappa shape index (κ1) is 19.4. The largest absolute Gasteiger partial charge is 0.497 e. The van der Waals surface area contributed by atoms with Crippen LogP contribution in [0.2, 0.25) is 0 Å². The average Bonchev–Trinajstić information content (AvgIpc) is 2.98. The van der Waals surface area contributed by atoms with Crippen LogP contribution in [-0.4, -0.2) is 20.1 Å². The Bertz CT molecular complexity index is 1140. The van der Waals surface area contributed by atoms with Gasteiger partial charge in [-0.1, -0.05) is 37.3 Å². The lowest BCUT2D eigenvalue weighted by atomic mass is 10.0. The molecule has 0 atom stereocenters. The molecule has 0 amide bonds. The van der Waals surface area contributed by atoms with Crippen LogP contribution < -0.4 is 9.54 Å². The van der Waals surface area contributed by atoms with E-state index >= 15 is 0 Å². The molecule has 5 nitrogen and oxygen atoms in total. The number of hydrogen-bond acceptors (Lipinski definition) is 4. The van der Waals surface area contributed by atoms with Gasteiger partial charge in [-0.2, -0.15) is 8.42 Å². The normalized spacial score (nSPS) is 12.7. The zero-order valence-electron chi connectivity index (χ0n) is 15.5. The van der Waals surface area contributed by atoms with Crippen molar-refractivity contribution in [1.82, 2.24) is 4.57 Å². The van der Waals surface area contributed by atoms with Gasteiger partial charge in [-0.25, -0.2) is 0 Å². The van der Waals surface area contributed by atoms with Crippen LogP contribution in [0.3, 0.4) is 0 Å². The van der Waals surface area contributed by atoms with Crippen LogP contribution in [0.25, 0.3) is 10.2 Å². The molecule has 3 rings (SSSR count). The number of allylic oxidation sites excluding steroid dienone is 1. The average molecular weight is 403 g/mol. The highest BCUT2D eigenvalue weighted by Gasteiger charge is 2.15. The number of methoxy groups -OCH3 is 1. The number of thiazole rings is 1. The third-order valence-corrected chi connectivity index (χ3v) is 6.68. The van der Waals surface area contributed by atoms with E-state index in [1.165, 1.54) is 36.1 Å². The molecule has 0 N–H and O–H groups in total. The molecule has 0 saturated heterocycles. The monoisotopic (exact) mass is 402 g/mol. The first-order valence-electron chi connectivity index (χ1n) is 8.55. The van der Waals surface area contributed by atoms with Crippen molar-refractivity contribution >= 4 is 31.6 Å². The summed E-state index contributed by atoms with van der Waals surface area (Å²) in [5, 5.41) is 0. The first-order chi connectivity index (χ1) is 12.9. The van der Waals surface area contributed by atoms with Gasteiger partial charge in [0.05, 0.1) is 22.2 Å². The van der Waals surface area contributed by atoms with Crippen LogP contribution in [0.5, 0.6) is 5.75 Å². The molecular weight excluding hydrogens is 380 g/mol. The van der Waals surface area contributed by atoms with Crippen molar-refractivity contribution < 1.29 is 13.2 Å². The zero-order chi connectivity index (χ0) is 19.6. The molecule has 7 heteroatoms. The molecule has 27 heavy (non-hydrogen) atoms. The fourth-order valence-corrected chi connectivity index (χ4v) is 5.02. The van der Waals surface area contributed by atoms with Crippen molar-refractivity contribution in [3.8, 4) is 5.75 Å². The van der Waals surface area contributed by atoms with Crippen molar-refractivity contribution in [2.75, 3.05) is 7.11 Å². The van der Waals surface area contributed by atoms with Crippen molar-refractivity contribution in [2.45, 2.75) is 31.2 Å². The molecule has 0 aliphatic heterocycles. The third-order valence-electron chi connectivity index (χ3n) is 4.24. The van der Waals surface area contributed by atoms with E-state index in [-0.39, 0.29) is 4.90 Å². The predicted molar refractivity (Wildman–Crippen MR) is 110 cm³/mol. The lowest BCUT2D eigenvalue weighted by Gasteiger charge is -2.06. The summed E-state index contributed by atoms with van der Waals surface area (Å²) < 4.78 is 37.6. The Hall–Kier alpha value is -2.38. The summed E-state index contributed by atoms with van der Waals surface area (Å²) in [4.78, 5) is 0.565. The molecule has 0 bridgehead atoms. The first-order valence-corrected chi connectivity index (χ1v) is 10.8. The quantitative estimate of drug-likeness (QED) is 0.577. The highest BCUT2D eigenvalue weighted by atomic mass is 32.2. The Balaban J connectivity index is 2.18. The molecule has 0 saturated carbocycles. The van der Waals surface area contributed by atoms with Crippen molar-refractivity contribution in [3.63, 3.8) is 0 Å². The number of ether oxygens (including phenoxy) is 1. The highest BCUT2D eigenvalue weighted by Crippen LogP contribution is 2.24. The van der Waals surface area contributed by atoms with Crippen LogP contribution in [0, 0.1) is 0 Å². The second kappa shape index (κ2) is 7.70. The topological polar surface area (TPSA) is 60.7 Å². The molecule has 142 valence electrons. The van der Waals surface area contributed by atoms with Crippen LogP contribution in [0.1, 0.15) is 25.3 Å². The SMILES string of the molecule is C=CCn1/c(=N/S(=O)(=O)c2ccc(OC)cc2)sc2cc(C(C)C)ccc21. The number of fused-ring (bicyclic) bond motifs is 1. The van der Waals surface area contributed by atoms with Gasteiger partial charge in [0.15, 0.2) is 0 Å². The van der Waals surface area contributed by atoms with Crippen molar-refractivity contribution in [3.05, 3.63) is 65.5 Å². The Morgan fingerprint density at radius 2 is 1.93 bits per heavy atom. The summed E-state index contributed by atoms with van der Waals surface area (Å²) in [6.45, 7) is 8.53. The minimum absolute atomic E-state index is 0.133. The Morgan fingerprint density at radius 1 is 1.22 bits per heavy atom. The highest BCUT2D eigenvalue weighted by molar-refractivity contribution is 7.90. The minimum Gasteiger partial charge on any atom is -0.497 e. The Labute approximate surface area is 163 Å². The molecule has 0 spiro atoms. The van der Waals surface area contributed by atoms with Gasteiger partial charge in [0, 0.05) is 6.54 Å². The number of hydrogen-bond donors (Lipinski definition) is 0. The van der Waals surface area contributed by atoms with E-state index in [0.717, 1.165) is 10.2 Å². The molecule has 1 aromatic heterocycles. The van der Waals surface area contributed by atoms with E-state index in [2.05, 4.69) is 37.0 Å². The maximum atomic E-state index is 12.8. The van der Waals surface area contributed by atoms with Gasteiger partial charge in [0.2, 0.25) is 4.80 Å². The molecule has 2 aromatic carbocycles. The zero-order valence-corrected chi connectivity index (χ0v) is 17.2. The summed E-state index contributed by atoms with van der Waals surface area (Å²) in [5.41, 5.74) is 2.16. The summed E-state index contributed by atoms with van der Waals surface area (Å²) in [5.74, 6) is 0.992. The van der Waals surface area contributed by atoms with Crippen LogP contribution >= 0.6 is 11.3 Å². The van der Waals surface area contributed by atoms with E-state index in [1.807, 2.05) is 10.6 Å². The number of benzene rings is 2. The minimum atomic E-state index is -3.83. The summed E-state index contributed by atoms with van der Waals surface area (Å²) in [6.07, 6.45) is 1.74. The van der Waals surface area contributed by atoms with Gasteiger partial charge < -0.3 is 9.30 Å². The van der Waals surface area contributed by atoms with Crippen LogP contribution in [0.15, 0.2) is 64.4 Å². The molecule has 0 unspecified atom stereocenters. The smallest absolute Gasteiger partial charge is 0.285 e. The maximum absolute atomic E-state index is 12.8. The molecule has 1 heterocycles. The molecule has 3 aromatic rings. The lowest BCUT2D eigenvalue weighted by Crippen LogP contribution is -2.16. The fraction of sp³-hybridized carbons (Fsp3) is 0.250. The van der Waals surface area contributed by atoms with Gasteiger partial charge in [0.1, 0.15) is 5.75 Å². The molecule has 0 radical (unpaired) electrons. The number of nitrogens with zero attached hydrogens (tertiary/aromatic N) is 2. The van der Waals surface area contributed by atoms with Gasteiger partial charge in [-0.3, -0.25) is 0 Å². The maximum Gasteiger partial charge on any atom is 0.285 e. The van der Waals surface area contributed by atoms with E-state index in [9.17, 15) is 8.42 Å².